The molecule has 2 heterocycles. The Morgan fingerprint density at radius 2 is 1.60 bits per heavy atom. The van der Waals surface area contributed by atoms with Gasteiger partial charge in [0, 0.05) is 37.9 Å². The van der Waals surface area contributed by atoms with Crippen LogP contribution in [0.1, 0.15) is 11.3 Å². The largest absolute Gasteiger partial charge is 0.508 e. The van der Waals surface area contributed by atoms with Crippen molar-refractivity contribution in [3.63, 3.8) is 0 Å². The van der Waals surface area contributed by atoms with Crippen LogP contribution in [-0.2, 0) is 4.79 Å². The lowest BCUT2D eigenvalue weighted by molar-refractivity contribution is -0.117. The summed E-state index contributed by atoms with van der Waals surface area (Å²) in [6.07, 6.45) is 0. The van der Waals surface area contributed by atoms with E-state index in [-0.39, 0.29) is 11.7 Å². The molecule has 1 fully saturated rings. The van der Waals surface area contributed by atoms with E-state index >= 15 is 0 Å². The molecule has 1 saturated heterocycles. The molecule has 0 radical (unpaired) electrons. The summed E-state index contributed by atoms with van der Waals surface area (Å²) in [5, 5.41) is 17.0. The van der Waals surface area contributed by atoms with Gasteiger partial charge in [-0.2, -0.15) is 5.10 Å². The van der Waals surface area contributed by atoms with Crippen LogP contribution in [0.2, 0.25) is 0 Å². The zero-order valence-electron chi connectivity index (χ0n) is 17.4. The molecule has 0 saturated carbocycles. The van der Waals surface area contributed by atoms with E-state index in [9.17, 15) is 9.90 Å². The first-order valence-electron chi connectivity index (χ1n) is 10.2. The number of hydrogen-bond donors (Lipinski definition) is 2. The quantitative estimate of drug-likeness (QED) is 0.683. The summed E-state index contributed by atoms with van der Waals surface area (Å²) in [7, 11) is 0. The smallest absolute Gasteiger partial charge is 0.239 e. The second kappa shape index (κ2) is 8.59. The third kappa shape index (κ3) is 4.63. The number of phenols is 1. The van der Waals surface area contributed by atoms with Crippen LogP contribution in [0.4, 0.5) is 11.5 Å². The Bertz CT molecular complexity index is 1000. The fraction of sp³-hybridized carbons (Fsp3) is 0.304. The van der Waals surface area contributed by atoms with E-state index in [4.69, 9.17) is 0 Å². The highest BCUT2D eigenvalue weighted by Crippen LogP contribution is 2.20. The molecule has 0 aliphatic carbocycles. The molecular formula is C23H27N5O2. The summed E-state index contributed by atoms with van der Waals surface area (Å²) in [6.45, 7) is 7.62. The van der Waals surface area contributed by atoms with Crippen LogP contribution in [0.25, 0.3) is 5.69 Å². The van der Waals surface area contributed by atoms with E-state index in [1.54, 1.807) is 16.8 Å². The van der Waals surface area contributed by atoms with Crippen molar-refractivity contribution in [3.8, 4) is 11.4 Å². The summed E-state index contributed by atoms with van der Waals surface area (Å²) >= 11 is 0. The van der Waals surface area contributed by atoms with Gasteiger partial charge in [-0.25, -0.2) is 4.68 Å². The van der Waals surface area contributed by atoms with Gasteiger partial charge in [0.2, 0.25) is 5.91 Å². The van der Waals surface area contributed by atoms with Crippen molar-refractivity contribution in [2.45, 2.75) is 13.8 Å². The van der Waals surface area contributed by atoms with Crippen molar-refractivity contribution >= 4 is 17.4 Å². The van der Waals surface area contributed by atoms with Crippen LogP contribution in [0, 0.1) is 13.8 Å². The maximum absolute atomic E-state index is 12.7. The van der Waals surface area contributed by atoms with E-state index in [0.717, 1.165) is 43.2 Å². The number of benzene rings is 2. The van der Waals surface area contributed by atoms with Crippen LogP contribution in [0.5, 0.6) is 5.75 Å². The molecular weight excluding hydrogens is 378 g/mol. The van der Waals surface area contributed by atoms with E-state index in [1.807, 2.05) is 56.3 Å². The fourth-order valence-corrected chi connectivity index (χ4v) is 3.68. The van der Waals surface area contributed by atoms with Gasteiger partial charge in [-0.3, -0.25) is 9.69 Å². The van der Waals surface area contributed by atoms with Gasteiger partial charge in [-0.1, -0.05) is 17.7 Å². The number of carbonyl (C=O) groups is 1. The van der Waals surface area contributed by atoms with Crippen LogP contribution < -0.4 is 10.2 Å². The molecule has 0 spiro atoms. The minimum absolute atomic E-state index is 0.0404. The molecule has 2 N–H and O–H groups in total. The highest BCUT2D eigenvalue weighted by Gasteiger charge is 2.20. The molecule has 3 aromatic rings. The zero-order valence-corrected chi connectivity index (χ0v) is 17.4. The fourth-order valence-electron chi connectivity index (χ4n) is 3.68. The molecule has 7 nitrogen and oxygen atoms in total. The number of aromatic nitrogens is 2. The van der Waals surface area contributed by atoms with Crippen LogP contribution in [-0.4, -0.2) is 58.4 Å². The maximum atomic E-state index is 12.7. The minimum atomic E-state index is -0.0404. The monoisotopic (exact) mass is 405 g/mol. The van der Waals surface area contributed by atoms with Gasteiger partial charge < -0.3 is 15.3 Å². The van der Waals surface area contributed by atoms with Crippen molar-refractivity contribution in [1.82, 2.24) is 14.7 Å². The van der Waals surface area contributed by atoms with Crippen LogP contribution in [0.3, 0.4) is 0 Å². The molecule has 1 aromatic heterocycles. The first-order valence-corrected chi connectivity index (χ1v) is 10.2. The number of anilines is 2. The normalized spacial score (nSPS) is 14.7. The average molecular weight is 406 g/mol. The Labute approximate surface area is 176 Å². The Hall–Kier alpha value is -3.32. The van der Waals surface area contributed by atoms with Crippen LogP contribution in [0.15, 0.2) is 54.6 Å². The highest BCUT2D eigenvalue weighted by atomic mass is 16.3. The number of piperazine rings is 1. The van der Waals surface area contributed by atoms with Crippen molar-refractivity contribution in [2.24, 2.45) is 0 Å². The molecule has 7 heteroatoms. The summed E-state index contributed by atoms with van der Waals surface area (Å²) in [5.41, 5.74) is 4.05. The Kier molecular flexibility index (Phi) is 5.72. The number of carbonyl (C=O) groups excluding carboxylic acids is 1. The van der Waals surface area contributed by atoms with E-state index in [0.29, 0.717) is 12.4 Å². The lowest BCUT2D eigenvalue weighted by atomic mass is 10.2. The number of phenolic OH excluding ortho intramolecular Hbond substituents is 1. The second-order valence-corrected chi connectivity index (χ2v) is 7.75. The molecule has 156 valence electrons. The third-order valence-corrected chi connectivity index (χ3v) is 5.33. The predicted octanol–water partition coefficient (Wildman–Crippen LogP) is 2.96. The maximum Gasteiger partial charge on any atom is 0.239 e. The molecule has 1 aliphatic heterocycles. The van der Waals surface area contributed by atoms with Crippen molar-refractivity contribution < 1.29 is 9.90 Å². The third-order valence-electron chi connectivity index (χ3n) is 5.33. The number of nitrogens with zero attached hydrogens (tertiary/aromatic N) is 4. The lowest BCUT2D eigenvalue weighted by Gasteiger charge is -2.35. The van der Waals surface area contributed by atoms with E-state index in [1.165, 1.54) is 5.56 Å². The molecule has 30 heavy (non-hydrogen) atoms. The number of nitrogens with one attached hydrogen (secondary N) is 1. The first kappa shape index (κ1) is 20.0. The van der Waals surface area contributed by atoms with E-state index < -0.39 is 0 Å². The van der Waals surface area contributed by atoms with Gasteiger partial charge in [0.15, 0.2) is 0 Å². The average Bonchev–Trinajstić information content (AvgIpc) is 3.09. The molecule has 0 atom stereocenters. The van der Waals surface area contributed by atoms with Gasteiger partial charge in [-0.05, 0) is 50.2 Å². The Balaban J connectivity index is 1.35. The number of aryl methyl sites for hydroxylation is 2. The molecule has 0 unspecified atom stereocenters. The van der Waals surface area contributed by atoms with Gasteiger partial charge in [-0.15, -0.1) is 0 Å². The predicted molar refractivity (Wildman–Crippen MR) is 118 cm³/mol. The Morgan fingerprint density at radius 3 is 2.27 bits per heavy atom. The van der Waals surface area contributed by atoms with Gasteiger partial charge in [0.25, 0.3) is 0 Å². The Morgan fingerprint density at radius 1 is 0.967 bits per heavy atom. The van der Waals surface area contributed by atoms with Gasteiger partial charge in [0.05, 0.1) is 17.9 Å². The summed E-state index contributed by atoms with van der Waals surface area (Å²) in [5.74, 6) is 0.916. The topological polar surface area (TPSA) is 73.6 Å². The molecule has 1 aliphatic rings. The van der Waals surface area contributed by atoms with Crippen molar-refractivity contribution in [1.29, 1.82) is 0 Å². The SMILES string of the molecule is Cc1ccc(-n2nc(C)cc2NC(=O)CN2CCN(c3ccc(O)cc3)CC2)cc1. The first-order chi connectivity index (χ1) is 14.5. The van der Waals surface area contributed by atoms with Gasteiger partial charge >= 0.3 is 0 Å². The second-order valence-electron chi connectivity index (χ2n) is 7.75. The molecule has 1 amide bonds. The molecule has 4 rings (SSSR count). The molecule has 2 aromatic carbocycles. The number of amides is 1. The van der Waals surface area contributed by atoms with Crippen molar-refractivity contribution in [3.05, 3.63) is 65.9 Å². The standard InChI is InChI=1S/C23H27N5O2/c1-17-3-5-20(6-4-17)28-22(15-18(2)25-28)24-23(30)16-26-11-13-27(14-12-26)19-7-9-21(29)10-8-19/h3-10,15,29H,11-14,16H2,1-2H3,(H,24,30). The summed E-state index contributed by atoms with van der Waals surface area (Å²) < 4.78 is 1.77. The van der Waals surface area contributed by atoms with Crippen LogP contribution >= 0.6 is 0 Å². The number of aromatic hydroxyl groups is 1. The minimum Gasteiger partial charge on any atom is -0.508 e. The molecule has 0 bridgehead atoms. The van der Waals surface area contributed by atoms with E-state index in [2.05, 4.69) is 20.2 Å². The van der Waals surface area contributed by atoms with Crippen molar-refractivity contribution in [2.75, 3.05) is 42.9 Å². The number of hydrogen-bond acceptors (Lipinski definition) is 5. The summed E-state index contributed by atoms with van der Waals surface area (Å²) in [6, 6.07) is 17.2. The summed E-state index contributed by atoms with van der Waals surface area (Å²) in [4.78, 5) is 17.1. The number of rotatable bonds is 5. The highest BCUT2D eigenvalue weighted by molar-refractivity contribution is 5.91. The zero-order chi connectivity index (χ0) is 21.1. The lowest BCUT2D eigenvalue weighted by Crippen LogP contribution is -2.48. The van der Waals surface area contributed by atoms with Gasteiger partial charge in [0.1, 0.15) is 11.6 Å².